The van der Waals surface area contributed by atoms with Gasteiger partial charge in [-0.1, -0.05) is 30.3 Å². The fourth-order valence-electron chi connectivity index (χ4n) is 2.44. The zero-order valence-corrected chi connectivity index (χ0v) is 12.5. The number of hydrogen-bond acceptors (Lipinski definition) is 5. The molecule has 0 aliphatic rings. The van der Waals surface area contributed by atoms with Crippen molar-refractivity contribution in [2.75, 3.05) is 5.32 Å². The third-order valence-electron chi connectivity index (χ3n) is 3.55. The van der Waals surface area contributed by atoms with Crippen molar-refractivity contribution in [3.8, 4) is 0 Å². The van der Waals surface area contributed by atoms with Crippen LogP contribution in [-0.4, -0.2) is 36.9 Å². The summed E-state index contributed by atoms with van der Waals surface area (Å²) in [7, 11) is 0. The average molecular weight is 311 g/mol. The number of aliphatic carboxylic acids is 1. The van der Waals surface area contributed by atoms with E-state index in [2.05, 4.69) is 20.6 Å². The Morgan fingerprint density at radius 1 is 1.22 bits per heavy atom. The molecule has 23 heavy (non-hydrogen) atoms. The standard InChI is InChI=1S/C16H17N5O2/c22-16(23)9-6-13(10-12-4-2-1-3-5-12)18-14-7-8-15-19-17-11-21(15)20-14/h1-5,7-8,11,13H,6,9-10H2,(H,18,20)(H,22,23). The number of carboxylic acid groups (broad SMARTS) is 1. The van der Waals surface area contributed by atoms with Crippen LogP contribution in [-0.2, 0) is 11.2 Å². The first-order chi connectivity index (χ1) is 11.2. The summed E-state index contributed by atoms with van der Waals surface area (Å²) in [5.41, 5.74) is 1.82. The first-order valence-corrected chi connectivity index (χ1v) is 7.40. The molecule has 1 unspecified atom stereocenters. The maximum atomic E-state index is 10.9. The van der Waals surface area contributed by atoms with E-state index in [1.807, 2.05) is 42.5 Å². The van der Waals surface area contributed by atoms with E-state index in [1.54, 1.807) is 4.52 Å². The van der Waals surface area contributed by atoms with E-state index in [4.69, 9.17) is 5.11 Å². The van der Waals surface area contributed by atoms with Crippen LogP contribution in [0.4, 0.5) is 5.82 Å². The lowest BCUT2D eigenvalue weighted by Crippen LogP contribution is -2.24. The van der Waals surface area contributed by atoms with Gasteiger partial charge in [0.1, 0.15) is 12.1 Å². The molecule has 0 spiro atoms. The van der Waals surface area contributed by atoms with Gasteiger partial charge in [-0.25, -0.2) is 0 Å². The summed E-state index contributed by atoms with van der Waals surface area (Å²) in [5, 5.41) is 24.3. The van der Waals surface area contributed by atoms with Crippen LogP contribution in [0.1, 0.15) is 18.4 Å². The molecule has 3 rings (SSSR count). The van der Waals surface area contributed by atoms with Gasteiger partial charge in [-0.05, 0) is 30.5 Å². The Labute approximate surface area is 133 Å². The lowest BCUT2D eigenvalue weighted by Gasteiger charge is -2.18. The molecule has 0 bridgehead atoms. The van der Waals surface area contributed by atoms with Crippen LogP contribution < -0.4 is 5.32 Å². The normalized spacial score (nSPS) is 12.2. The van der Waals surface area contributed by atoms with Crippen molar-refractivity contribution in [2.45, 2.75) is 25.3 Å². The SMILES string of the molecule is O=C(O)CCC(Cc1ccccc1)Nc1ccc2nncn2n1. The Balaban J connectivity index is 1.74. The molecule has 0 saturated carbocycles. The van der Waals surface area contributed by atoms with Gasteiger partial charge < -0.3 is 10.4 Å². The molecular formula is C16H17N5O2. The van der Waals surface area contributed by atoms with Crippen LogP contribution in [0.3, 0.4) is 0 Å². The summed E-state index contributed by atoms with van der Waals surface area (Å²) in [6.45, 7) is 0. The highest BCUT2D eigenvalue weighted by Gasteiger charge is 2.13. The highest BCUT2D eigenvalue weighted by Crippen LogP contribution is 2.13. The number of anilines is 1. The Hall–Kier alpha value is -2.96. The predicted octanol–water partition coefficient (Wildman–Crippen LogP) is 2.01. The summed E-state index contributed by atoms with van der Waals surface area (Å²) >= 11 is 0. The Kier molecular flexibility index (Phi) is 4.46. The van der Waals surface area contributed by atoms with Crippen molar-refractivity contribution in [3.05, 3.63) is 54.4 Å². The van der Waals surface area contributed by atoms with Crippen molar-refractivity contribution in [3.63, 3.8) is 0 Å². The van der Waals surface area contributed by atoms with Gasteiger partial charge in [0.2, 0.25) is 0 Å². The number of fused-ring (bicyclic) bond motifs is 1. The van der Waals surface area contributed by atoms with E-state index in [0.29, 0.717) is 17.9 Å². The monoisotopic (exact) mass is 311 g/mol. The number of hydrogen-bond donors (Lipinski definition) is 2. The quantitative estimate of drug-likeness (QED) is 0.693. The van der Waals surface area contributed by atoms with Gasteiger partial charge in [-0.2, -0.15) is 4.52 Å². The maximum Gasteiger partial charge on any atom is 0.303 e. The molecule has 2 heterocycles. The lowest BCUT2D eigenvalue weighted by molar-refractivity contribution is -0.137. The molecule has 0 aliphatic heterocycles. The minimum absolute atomic E-state index is 0.0186. The second-order valence-electron chi connectivity index (χ2n) is 5.32. The minimum Gasteiger partial charge on any atom is -0.481 e. The van der Waals surface area contributed by atoms with Crippen molar-refractivity contribution < 1.29 is 9.90 Å². The Morgan fingerprint density at radius 3 is 2.83 bits per heavy atom. The van der Waals surface area contributed by atoms with Crippen molar-refractivity contribution in [2.24, 2.45) is 0 Å². The van der Waals surface area contributed by atoms with E-state index >= 15 is 0 Å². The first-order valence-electron chi connectivity index (χ1n) is 7.40. The van der Waals surface area contributed by atoms with Crippen LogP contribution in [0.5, 0.6) is 0 Å². The zero-order chi connectivity index (χ0) is 16.1. The van der Waals surface area contributed by atoms with Gasteiger partial charge >= 0.3 is 5.97 Å². The Bertz CT molecular complexity index is 787. The number of rotatable bonds is 7. The van der Waals surface area contributed by atoms with E-state index < -0.39 is 5.97 Å². The molecular weight excluding hydrogens is 294 g/mol. The van der Waals surface area contributed by atoms with Crippen LogP contribution in [0.25, 0.3) is 5.65 Å². The highest BCUT2D eigenvalue weighted by atomic mass is 16.4. The van der Waals surface area contributed by atoms with Gasteiger partial charge in [0.15, 0.2) is 5.65 Å². The number of carbonyl (C=O) groups is 1. The smallest absolute Gasteiger partial charge is 0.303 e. The number of carboxylic acids is 1. The number of nitrogens with one attached hydrogen (secondary N) is 1. The van der Waals surface area contributed by atoms with Gasteiger partial charge in [-0.3, -0.25) is 4.79 Å². The average Bonchev–Trinajstić information content (AvgIpc) is 3.01. The number of nitrogens with zero attached hydrogens (tertiary/aromatic N) is 4. The fourth-order valence-corrected chi connectivity index (χ4v) is 2.44. The van der Waals surface area contributed by atoms with Crippen molar-refractivity contribution in [1.82, 2.24) is 19.8 Å². The van der Waals surface area contributed by atoms with Crippen LogP contribution in [0.2, 0.25) is 0 Å². The van der Waals surface area contributed by atoms with E-state index in [-0.39, 0.29) is 12.5 Å². The predicted molar refractivity (Wildman–Crippen MR) is 85.2 cm³/mol. The van der Waals surface area contributed by atoms with E-state index in [1.165, 1.54) is 6.33 Å². The zero-order valence-electron chi connectivity index (χ0n) is 12.5. The second-order valence-corrected chi connectivity index (χ2v) is 5.32. The molecule has 0 amide bonds. The van der Waals surface area contributed by atoms with Gasteiger partial charge in [-0.15, -0.1) is 15.3 Å². The molecule has 0 radical (unpaired) electrons. The molecule has 1 aromatic carbocycles. The summed E-state index contributed by atoms with van der Waals surface area (Å²) in [4.78, 5) is 10.9. The summed E-state index contributed by atoms with van der Waals surface area (Å²) < 4.78 is 1.58. The largest absolute Gasteiger partial charge is 0.481 e. The molecule has 118 valence electrons. The molecule has 2 N–H and O–H groups in total. The molecule has 0 saturated heterocycles. The van der Waals surface area contributed by atoms with Crippen LogP contribution in [0.15, 0.2) is 48.8 Å². The number of aromatic nitrogens is 4. The molecule has 3 aromatic rings. The molecule has 0 fully saturated rings. The van der Waals surface area contributed by atoms with E-state index in [0.717, 1.165) is 12.0 Å². The van der Waals surface area contributed by atoms with E-state index in [9.17, 15) is 4.79 Å². The van der Waals surface area contributed by atoms with Crippen molar-refractivity contribution >= 4 is 17.4 Å². The second kappa shape index (κ2) is 6.87. The molecule has 7 nitrogen and oxygen atoms in total. The highest BCUT2D eigenvalue weighted by molar-refractivity contribution is 5.66. The molecule has 2 aromatic heterocycles. The fraction of sp³-hybridized carbons (Fsp3) is 0.250. The first kappa shape index (κ1) is 15.0. The van der Waals surface area contributed by atoms with Crippen molar-refractivity contribution in [1.29, 1.82) is 0 Å². The molecule has 7 heteroatoms. The van der Waals surface area contributed by atoms with Gasteiger partial charge in [0.05, 0.1) is 0 Å². The van der Waals surface area contributed by atoms with Crippen LogP contribution in [0, 0.1) is 0 Å². The van der Waals surface area contributed by atoms with Gasteiger partial charge in [0, 0.05) is 12.5 Å². The minimum atomic E-state index is -0.799. The molecule has 0 aliphatic carbocycles. The third kappa shape index (κ3) is 4.03. The van der Waals surface area contributed by atoms with Gasteiger partial charge in [0.25, 0.3) is 0 Å². The third-order valence-corrected chi connectivity index (χ3v) is 3.55. The molecule has 1 atom stereocenters. The topological polar surface area (TPSA) is 92.4 Å². The lowest BCUT2D eigenvalue weighted by atomic mass is 10.0. The van der Waals surface area contributed by atoms with Crippen LogP contribution >= 0.6 is 0 Å². The summed E-state index contributed by atoms with van der Waals surface area (Å²) in [6.07, 6.45) is 2.89. The Morgan fingerprint density at radius 2 is 2.04 bits per heavy atom. The number of benzene rings is 1. The summed E-state index contributed by atoms with van der Waals surface area (Å²) in [6, 6.07) is 13.6. The maximum absolute atomic E-state index is 10.9. The summed E-state index contributed by atoms with van der Waals surface area (Å²) in [5.74, 6) is -0.129.